The largest absolute Gasteiger partial charge is 0.464 e. The molecule has 0 aliphatic carbocycles. The number of nitrogens with zero attached hydrogens (tertiary/aromatic N) is 4. The Kier molecular flexibility index (Phi) is 4.19. The van der Waals surface area contributed by atoms with Gasteiger partial charge < -0.3 is 10.2 Å². The lowest BCUT2D eigenvalue weighted by Gasteiger charge is -2.03. The van der Waals surface area contributed by atoms with E-state index >= 15 is 0 Å². The van der Waals surface area contributed by atoms with Crippen LogP contribution in [0, 0.1) is 0 Å². The zero-order valence-electron chi connectivity index (χ0n) is 14.0. The third-order valence-electron chi connectivity index (χ3n) is 4.24. The van der Waals surface area contributed by atoms with E-state index in [1.807, 2.05) is 6.07 Å². The van der Waals surface area contributed by atoms with Gasteiger partial charge >= 0.3 is 12.2 Å². The van der Waals surface area contributed by atoms with Gasteiger partial charge in [0.05, 0.1) is 16.6 Å². The number of hydrogen-bond donors (Lipinski definition) is 2. The summed E-state index contributed by atoms with van der Waals surface area (Å²) in [5.74, 6) is -0.697. The van der Waals surface area contributed by atoms with E-state index in [4.69, 9.17) is 0 Å². The minimum atomic E-state index is -1.39. The maximum Gasteiger partial charge on any atom is 0.432 e. The second-order valence-electron chi connectivity index (χ2n) is 5.98. The molecule has 0 saturated carbocycles. The highest BCUT2D eigenvalue weighted by Crippen LogP contribution is 2.29. The summed E-state index contributed by atoms with van der Waals surface area (Å²) in [5, 5.41) is 23.2. The molecule has 10 heteroatoms. The zero-order valence-corrected chi connectivity index (χ0v) is 15.6. The van der Waals surface area contributed by atoms with Crippen molar-refractivity contribution in [1.29, 1.82) is 0 Å². The highest BCUT2D eigenvalue weighted by atomic mass is 79.9. The maximum atomic E-state index is 12.7. The first kappa shape index (κ1) is 17.9. The van der Waals surface area contributed by atoms with E-state index in [1.165, 1.54) is 12.1 Å². The Balaban J connectivity index is 1.92. The summed E-state index contributed by atoms with van der Waals surface area (Å²) >= 11 is 3.19. The van der Waals surface area contributed by atoms with Gasteiger partial charge in [0.15, 0.2) is 5.82 Å². The van der Waals surface area contributed by atoms with Crippen molar-refractivity contribution in [2.45, 2.75) is 6.42 Å². The van der Waals surface area contributed by atoms with Gasteiger partial charge in [-0.05, 0) is 33.6 Å². The van der Waals surface area contributed by atoms with Crippen LogP contribution in [0.15, 0.2) is 47.1 Å². The molecule has 0 amide bonds. The molecule has 0 saturated heterocycles. The smallest absolute Gasteiger partial charge is 0.432 e. The van der Waals surface area contributed by atoms with Crippen molar-refractivity contribution >= 4 is 55.8 Å². The molecule has 0 spiro atoms. The van der Waals surface area contributed by atoms with E-state index in [0.717, 1.165) is 14.8 Å². The molecule has 2 aromatic heterocycles. The fourth-order valence-corrected chi connectivity index (χ4v) is 3.51. The van der Waals surface area contributed by atoms with Crippen LogP contribution in [0.3, 0.4) is 0 Å². The second kappa shape index (κ2) is 6.57. The van der Waals surface area contributed by atoms with Crippen molar-refractivity contribution in [2.24, 2.45) is 0 Å². The van der Waals surface area contributed by atoms with Crippen molar-refractivity contribution in [3.05, 3.63) is 58.5 Å². The average Bonchev–Trinajstić information content (AvgIpc) is 3.19. The Morgan fingerprint density at radius 2 is 1.71 bits per heavy atom. The van der Waals surface area contributed by atoms with E-state index in [1.54, 1.807) is 24.3 Å². The Labute approximate surface area is 164 Å². The van der Waals surface area contributed by atoms with E-state index in [-0.39, 0.29) is 33.4 Å². The molecule has 4 aromatic rings. The first-order valence-corrected chi connectivity index (χ1v) is 8.80. The van der Waals surface area contributed by atoms with Crippen molar-refractivity contribution < 1.29 is 24.6 Å². The van der Waals surface area contributed by atoms with Crippen molar-refractivity contribution in [3.8, 4) is 0 Å². The minimum absolute atomic E-state index is 0.0104. The second-order valence-corrected chi connectivity index (χ2v) is 6.73. The SMILES string of the molecule is O=C(Cc1ccccc1)c1nc2cc3c(Br)nn(C(=O)O)c3cc2n1C(=O)O. The van der Waals surface area contributed by atoms with E-state index in [0.29, 0.717) is 5.39 Å². The summed E-state index contributed by atoms with van der Waals surface area (Å²) < 4.78 is 1.77. The highest BCUT2D eigenvalue weighted by molar-refractivity contribution is 9.10. The molecule has 0 unspecified atom stereocenters. The highest BCUT2D eigenvalue weighted by Gasteiger charge is 2.24. The summed E-state index contributed by atoms with van der Waals surface area (Å²) in [5.41, 5.74) is 1.26. The predicted octanol–water partition coefficient (Wildman–Crippen LogP) is 3.63. The van der Waals surface area contributed by atoms with Gasteiger partial charge in [0.2, 0.25) is 5.78 Å². The zero-order chi connectivity index (χ0) is 20.0. The van der Waals surface area contributed by atoms with E-state index in [2.05, 4.69) is 26.0 Å². The van der Waals surface area contributed by atoms with Crippen LogP contribution in [-0.2, 0) is 6.42 Å². The normalized spacial score (nSPS) is 11.2. The van der Waals surface area contributed by atoms with Crippen molar-refractivity contribution in [3.63, 3.8) is 0 Å². The number of hydrogen-bond acceptors (Lipinski definition) is 5. The topological polar surface area (TPSA) is 127 Å². The molecular formula is C18H11BrN4O5. The Bertz CT molecular complexity index is 1280. The van der Waals surface area contributed by atoms with Gasteiger partial charge in [-0.15, -0.1) is 0 Å². The van der Waals surface area contributed by atoms with Crippen LogP contribution in [0.5, 0.6) is 0 Å². The molecule has 0 atom stereocenters. The summed E-state index contributed by atoms with van der Waals surface area (Å²) in [7, 11) is 0. The Hall–Kier alpha value is -3.53. The maximum absolute atomic E-state index is 12.7. The molecule has 0 bridgehead atoms. The third kappa shape index (κ3) is 2.83. The summed E-state index contributed by atoms with van der Waals surface area (Å²) in [4.78, 5) is 40.1. The lowest BCUT2D eigenvalue weighted by molar-refractivity contribution is 0.0977. The van der Waals surface area contributed by atoms with Crippen LogP contribution in [0.25, 0.3) is 21.9 Å². The third-order valence-corrected chi connectivity index (χ3v) is 4.83. The number of halogens is 1. The number of Topliss-reactive ketones (excluding diaryl/α,β-unsaturated/α-hetero) is 1. The van der Waals surface area contributed by atoms with Gasteiger partial charge in [0, 0.05) is 11.8 Å². The van der Waals surface area contributed by atoms with Gasteiger partial charge in [0.1, 0.15) is 4.60 Å². The number of ketones is 1. The monoisotopic (exact) mass is 442 g/mol. The molecule has 2 aromatic carbocycles. The molecular weight excluding hydrogens is 432 g/mol. The van der Waals surface area contributed by atoms with Gasteiger partial charge in [-0.2, -0.15) is 9.78 Å². The number of fused-ring (bicyclic) bond motifs is 2. The van der Waals surface area contributed by atoms with Crippen LogP contribution >= 0.6 is 15.9 Å². The first-order chi connectivity index (χ1) is 13.4. The molecule has 0 radical (unpaired) electrons. The van der Waals surface area contributed by atoms with Gasteiger partial charge in [0.25, 0.3) is 0 Å². The lowest BCUT2D eigenvalue weighted by atomic mass is 10.1. The number of benzene rings is 2. The van der Waals surface area contributed by atoms with Gasteiger partial charge in [-0.1, -0.05) is 30.3 Å². The first-order valence-electron chi connectivity index (χ1n) is 8.01. The minimum Gasteiger partial charge on any atom is -0.464 e. The molecule has 2 N–H and O–H groups in total. The molecule has 0 aliphatic heterocycles. The lowest BCUT2D eigenvalue weighted by Crippen LogP contribution is -2.18. The molecule has 0 fully saturated rings. The van der Waals surface area contributed by atoms with E-state index < -0.39 is 18.0 Å². The van der Waals surface area contributed by atoms with Crippen LogP contribution in [0.4, 0.5) is 9.59 Å². The predicted molar refractivity (Wildman–Crippen MR) is 102 cm³/mol. The fraction of sp³-hybridized carbons (Fsp3) is 0.0556. The van der Waals surface area contributed by atoms with E-state index in [9.17, 15) is 24.6 Å². The number of carboxylic acid groups (broad SMARTS) is 2. The quantitative estimate of drug-likeness (QED) is 0.463. The fourth-order valence-electron chi connectivity index (χ4n) is 3.04. The molecule has 140 valence electrons. The molecule has 0 aliphatic rings. The Morgan fingerprint density at radius 1 is 1.00 bits per heavy atom. The molecule has 4 rings (SSSR count). The number of aromatic nitrogens is 4. The molecule has 9 nitrogen and oxygen atoms in total. The van der Waals surface area contributed by atoms with Gasteiger partial charge in [-0.3, -0.25) is 4.79 Å². The van der Waals surface area contributed by atoms with Crippen LogP contribution < -0.4 is 0 Å². The number of carbonyl (C=O) groups excluding carboxylic acids is 1. The van der Waals surface area contributed by atoms with Crippen LogP contribution in [-0.4, -0.2) is 47.5 Å². The van der Waals surface area contributed by atoms with Gasteiger partial charge in [-0.25, -0.2) is 19.1 Å². The number of rotatable bonds is 3. The van der Waals surface area contributed by atoms with Crippen LogP contribution in [0.1, 0.15) is 16.2 Å². The summed E-state index contributed by atoms with van der Waals surface area (Å²) in [6.45, 7) is 0. The van der Waals surface area contributed by atoms with Crippen molar-refractivity contribution in [1.82, 2.24) is 19.3 Å². The number of imidazole rings is 1. The average molecular weight is 443 g/mol. The van der Waals surface area contributed by atoms with Crippen LogP contribution in [0.2, 0.25) is 0 Å². The summed E-state index contributed by atoms with van der Waals surface area (Å²) in [6, 6.07) is 11.7. The Morgan fingerprint density at radius 3 is 2.36 bits per heavy atom. The van der Waals surface area contributed by atoms with Crippen molar-refractivity contribution in [2.75, 3.05) is 0 Å². The standard InChI is InChI=1S/C18H11BrN4O5/c19-15-10-7-11-13(8-12(10)23(21-15)18(27)28)22(17(25)26)16(20-11)14(24)6-9-4-2-1-3-5-9/h1-5,7-8H,6H2,(H,25,26)(H,27,28). The summed E-state index contributed by atoms with van der Waals surface area (Å²) in [6.07, 6.45) is -2.72. The number of carbonyl (C=O) groups is 3. The molecule has 2 heterocycles. The molecule has 28 heavy (non-hydrogen) atoms.